The molecule has 0 spiro atoms. The average molecular weight is 523 g/mol. The quantitative estimate of drug-likeness (QED) is 0.118. The maximum Gasteiger partial charge on any atom is 0.343 e. The Balaban J connectivity index is 1.32. The van der Waals surface area contributed by atoms with Crippen molar-refractivity contribution < 1.29 is 19.0 Å². The van der Waals surface area contributed by atoms with E-state index in [0.717, 1.165) is 36.4 Å². The monoisotopic (exact) mass is 522 g/mol. The highest BCUT2D eigenvalue weighted by Crippen LogP contribution is 2.32. The Bertz CT molecular complexity index is 897. The zero-order chi connectivity index (χ0) is 27.0. The molecule has 0 unspecified atom stereocenters. The van der Waals surface area contributed by atoms with Crippen molar-refractivity contribution in [2.75, 3.05) is 13.2 Å². The summed E-state index contributed by atoms with van der Waals surface area (Å²) in [7, 11) is 0. The van der Waals surface area contributed by atoms with Crippen molar-refractivity contribution in [1.82, 2.24) is 0 Å². The number of carbonyl (C=O) groups is 1. The Hall–Kier alpha value is -2.49. The van der Waals surface area contributed by atoms with E-state index in [4.69, 9.17) is 14.2 Å². The Kier molecular flexibility index (Phi) is 13.6. The third-order valence-corrected chi connectivity index (χ3v) is 8.10. The SMILES string of the molecule is CCCCCCCC1CCC(COc2ccc(OC(=O)c3ccc(OCCC[C@@H](C)CC)cc3)cc2)CC1. The molecule has 0 radical (unpaired) electrons. The van der Waals surface area contributed by atoms with Gasteiger partial charge in [0.25, 0.3) is 0 Å². The smallest absolute Gasteiger partial charge is 0.343 e. The highest BCUT2D eigenvalue weighted by molar-refractivity contribution is 5.91. The molecule has 0 heterocycles. The summed E-state index contributed by atoms with van der Waals surface area (Å²) >= 11 is 0. The van der Waals surface area contributed by atoms with Crippen LogP contribution in [0.3, 0.4) is 0 Å². The molecule has 1 aliphatic carbocycles. The van der Waals surface area contributed by atoms with Crippen LogP contribution >= 0.6 is 0 Å². The van der Waals surface area contributed by atoms with Gasteiger partial charge in [0, 0.05) is 0 Å². The van der Waals surface area contributed by atoms with Gasteiger partial charge in [0.15, 0.2) is 0 Å². The Morgan fingerprint density at radius 1 is 0.763 bits per heavy atom. The molecular formula is C34H50O4. The second kappa shape index (κ2) is 17.2. The van der Waals surface area contributed by atoms with Crippen LogP contribution in [-0.2, 0) is 0 Å². The number of unbranched alkanes of at least 4 members (excludes halogenated alkanes) is 4. The fourth-order valence-electron chi connectivity index (χ4n) is 5.22. The van der Waals surface area contributed by atoms with Crippen molar-refractivity contribution in [3.8, 4) is 17.2 Å². The molecule has 1 aliphatic rings. The minimum atomic E-state index is -0.371. The first-order chi connectivity index (χ1) is 18.6. The second-order valence-corrected chi connectivity index (χ2v) is 11.3. The first-order valence-corrected chi connectivity index (χ1v) is 15.2. The molecule has 4 heteroatoms. The summed E-state index contributed by atoms with van der Waals surface area (Å²) in [6, 6.07) is 14.6. The topological polar surface area (TPSA) is 44.8 Å². The van der Waals surface area contributed by atoms with E-state index in [2.05, 4.69) is 20.8 Å². The highest BCUT2D eigenvalue weighted by Gasteiger charge is 2.21. The number of ether oxygens (including phenoxy) is 3. The van der Waals surface area contributed by atoms with E-state index < -0.39 is 0 Å². The van der Waals surface area contributed by atoms with Gasteiger partial charge < -0.3 is 14.2 Å². The molecule has 0 aromatic heterocycles. The zero-order valence-electron chi connectivity index (χ0n) is 24.1. The van der Waals surface area contributed by atoms with Gasteiger partial charge in [-0.1, -0.05) is 78.6 Å². The maximum atomic E-state index is 12.6. The van der Waals surface area contributed by atoms with Crippen molar-refractivity contribution in [3.05, 3.63) is 54.1 Å². The third kappa shape index (κ3) is 11.1. The number of esters is 1. The van der Waals surface area contributed by atoms with Gasteiger partial charge >= 0.3 is 5.97 Å². The molecule has 0 bridgehead atoms. The lowest BCUT2D eigenvalue weighted by Gasteiger charge is -2.28. The zero-order valence-corrected chi connectivity index (χ0v) is 24.1. The normalized spacial score (nSPS) is 18.1. The summed E-state index contributed by atoms with van der Waals surface area (Å²) in [5.41, 5.74) is 0.508. The van der Waals surface area contributed by atoms with Crippen LogP contribution in [-0.4, -0.2) is 19.2 Å². The Morgan fingerprint density at radius 2 is 1.37 bits per heavy atom. The van der Waals surface area contributed by atoms with Gasteiger partial charge in [-0.15, -0.1) is 0 Å². The van der Waals surface area contributed by atoms with E-state index >= 15 is 0 Å². The molecule has 0 aliphatic heterocycles. The summed E-state index contributed by atoms with van der Waals surface area (Å²) in [6.07, 6.45) is 17.0. The lowest BCUT2D eigenvalue weighted by molar-refractivity contribution is 0.0734. The molecule has 38 heavy (non-hydrogen) atoms. The highest BCUT2D eigenvalue weighted by atomic mass is 16.5. The molecule has 0 N–H and O–H groups in total. The van der Waals surface area contributed by atoms with E-state index in [1.807, 2.05) is 24.3 Å². The predicted molar refractivity (Wildman–Crippen MR) is 156 cm³/mol. The largest absolute Gasteiger partial charge is 0.494 e. The number of carbonyl (C=O) groups excluding carboxylic acids is 1. The van der Waals surface area contributed by atoms with Crippen molar-refractivity contribution in [3.63, 3.8) is 0 Å². The minimum Gasteiger partial charge on any atom is -0.494 e. The van der Waals surface area contributed by atoms with Gasteiger partial charge in [-0.25, -0.2) is 4.79 Å². The van der Waals surface area contributed by atoms with Crippen LogP contribution in [0.25, 0.3) is 0 Å². The summed E-state index contributed by atoms with van der Waals surface area (Å²) in [5.74, 6) is 4.06. The number of benzene rings is 2. The lowest BCUT2D eigenvalue weighted by atomic mass is 9.80. The van der Waals surface area contributed by atoms with Crippen LogP contribution in [0.5, 0.6) is 17.2 Å². The molecule has 2 aromatic carbocycles. The van der Waals surface area contributed by atoms with E-state index in [1.165, 1.54) is 77.0 Å². The summed E-state index contributed by atoms with van der Waals surface area (Å²) in [4.78, 5) is 12.6. The first-order valence-electron chi connectivity index (χ1n) is 15.2. The standard InChI is InChI=1S/C34H50O4/c1-4-6-7-8-9-12-28-13-15-29(16-14-28)26-37-32-21-23-33(24-22-32)38-34(35)30-17-19-31(20-18-30)36-25-10-11-27(3)5-2/h17-24,27-29H,4-16,25-26H2,1-3H3/t27-,28?,29?/m0/s1. The summed E-state index contributed by atoms with van der Waals surface area (Å²) < 4.78 is 17.4. The van der Waals surface area contributed by atoms with Crippen LogP contribution in [0.15, 0.2) is 48.5 Å². The van der Waals surface area contributed by atoms with Crippen LogP contribution in [0, 0.1) is 17.8 Å². The summed E-state index contributed by atoms with van der Waals surface area (Å²) in [5, 5.41) is 0. The van der Waals surface area contributed by atoms with Crippen molar-refractivity contribution >= 4 is 5.97 Å². The van der Waals surface area contributed by atoms with Crippen molar-refractivity contribution in [2.24, 2.45) is 17.8 Å². The van der Waals surface area contributed by atoms with Crippen LogP contribution < -0.4 is 14.2 Å². The fourth-order valence-corrected chi connectivity index (χ4v) is 5.22. The first kappa shape index (κ1) is 30.1. The van der Waals surface area contributed by atoms with Crippen molar-refractivity contribution in [1.29, 1.82) is 0 Å². The molecule has 4 nitrogen and oxygen atoms in total. The van der Waals surface area contributed by atoms with Gasteiger partial charge in [0.1, 0.15) is 17.2 Å². The van der Waals surface area contributed by atoms with E-state index in [0.29, 0.717) is 23.8 Å². The summed E-state index contributed by atoms with van der Waals surface area (Å²) in [6.45, 7) is 8.23. The molecule has 0 amide bonds. The van der Waals surface area contributed by atoms with Gasteiger partial charge in [0.05, 0.1) is 18.8 Å². The van der Waals surface area contributed by atoms with Crippen molar-refractivity contribution in [2.45, 2.75) is 104 Å². The molecule has 2 aromatic rings. The van der Waals surface area contributed by atoms with Crippen LogP contribution in [0.4, 0.5) is 0 Å². The van der Waals surface area contributed by atoms with Crippen LogP contribution in [0.1, 0.15) is 115 Å². The van der Waals surface area contributed by atoms with Gasteiger partial charge in [-0.05, 0) is 92.0 Å². The molecule has 1 atom stereocenters. The van der Waals surface area contributed by atoms with Gasteiger partial charge in [-0.3, -0.25) is 0 Å². The molecule has 1 saturated carbocycles. The number of hydrogen-bond acceptors (Lipinski definition) is 4. The van der Waals surface area contributed by atoms with E-state index in [1.54, 1.807) is 24.3 Å². The fraction of sp³-hybridized carbons (Fsp3) is 0.618. The van der Waals surface area contributed by atoms with Gasteiger partial charge in [0.2, 0.25) is 0 Å². The third-order valence-electron chi connectivity index (χ3n) is 8.10. The van der Waals surface area contributed by atoms with E-state index in [9.17, 15) is 4.79 Å². The molecular weight excluding hydrogens is 472 g/mol. The Morgan fingerprint density at radius 3 is 2.05 bits per heavy atom. The predicted octanol–water partition coefficient (Wildman–Crippen LogP) is 9.66. The molecule has 3 rings (SSSR count). The second-order valence-electron chi connectivity index (χ2n) is 11.3. The van der Waals surface area contributed by atoms with Crippen LogP contribution in [0.2, 0.25) is 0 Å². The lowest BCUT2D eigenvalue weighted by Crippen LogP contribution is -2.20. The maximum absolute atomic E-state index is 12.6. The number of hydrogen-bond donors (Lipinski definition) is 0. The molecule has 1 fully saturated rings. The number of rotatable bonds is 17. The Labute approximate surface area is 231 Å². The molecule has 0 saturated heterocycles. The van der Waals surface area contributed by atoms with E-state index in [-0.39, 0.29) is 5.97 Å². The minimum absolute atomic E-state index is 0.371. The van der Waals surface area contributed by atoms with Gasteiger partial charge in [-0.2, -0.15) is 0 Å². The molecule has 210 valence electrons. The average Bonchev–Trinajstić information content (AvgIpc) is 2.95.